The summed E-state index contributed by atoms with van der Waals surface area (Å²) in [5.74, 6) is -0.502. The second kappa shape index (κ2) is 7.03. The molecule has 0 bridgehead atoms. The average Bonchev–Trinajstić information content (AvgIpc) is 2.41. The second-order valence-corrected chi connectivity index (χ2v) is 6.05. The molecular weight excluding hydrogens is 323 g/mol. The van der Waals surface area contributed by atoms with Crippen LogP contribution in [0.1, 0.15) is 16.7 Å². The molecule has 0 heterocycles. The van der Waals surface area contributed by atoms with Gasteiger partial charge in [0, 0.05) is 16.5 Å². The molecule has 0 fully saturated rings. The van der Waals surface area contributed by atoms with Crippen molar-refractivity contribution in [3.63, 3.8) is 0 Å². The predicted octanol–water partition coefficient (Wildman–Crippen LogP) is 4.68. The number of rotatable bonds is 5. The van der Waals surface area contributed by atoms with Crippen LogP contribution in [-0.2, 0) is 11.2 Å². The minimum Gasteiger partial charge on any atom is -0.478 e. The molecule has 2 aromatic rings. The molecule has 0 aliphatic rings. The van der Waals surface area contributed by atoms with E-state index in [0.29, 0.717) is 21.4 Å². The van der Waals surface area contributed by atoms with Crippen molar-refractivity contribution in [1.29, 1.82) is 0 Å². The highest BCUT2D eigenvalue weighted by Crippen LogP contribution is 2.22. The van der Waals surface area contributed by atoms with Gasteiger partial charge in [-0.15, -0.1) is 0 Å². The quantitative estimate of drug-likeness (QED) is 0.860. The predicted molar refractivity (Wildman–Crippen MR) is 88.1 cm³/mol. The fraction of sp³-hybridized carbons (Fsp3) is 0.235. The summed E-state index contributed by atoms with van der Waals surface area (Å²) in [4.78, 5) is 11.4. The minimum absolute atomic E-state index is 0.183. The fourth-order valence-corrected chi connectivity index (χ4v) is 2.64. The topological polar surface area (TPSA) is 46.5 Å². The molecule has 0 spiro atoms. The molecule has 0 aromatic heterocycles. The molecule has 1 N–H and O–H groups in total. The van der Waals surface area contributed by atoms with Crippen LogP contribution < -0.4 is 4.74 Å². The summed E-state index contributed by atoms with van der Waals surface area (Å²) >= 11 is 11.9. The van der Waals surface area contributed by atoms with Crippen molar-refractivity contribution < 1.29 is 14.6 Å². The second-order valence-electron chi connectivity index (χ2n) is 5.17. The highest BCUT2D eigenvalue weighted by atomic mass is 35.5. The van der Waals surface area contributed by atoms with E-state index in [1.165, 1.54) is 0 Å². The van der Waals surface area contributed by atoms with Gasteiger partial charge in [-0.25, -0.2) is 4.79 Å². The lowest BCUT2D eigenvalue weighted by molar-refractivity contribution is -0.145. The van der Waals surface area contributed by atoms with E-state index in [1.807, 2.05) is 26.0 Å². The molecule has 0 saturated carbocycles. The standard InChI is InChI=1S/C17H16Cl2O3/c1-10-3-4-15(5-11(10)2)22-16(17(20)21)8-12-6-13(18)9-14(19)7-12/h3-7,9,16H,8H2,1-2H3,(H,20,21)/t16-/m0/s1. The number of hydrogen-bond donors (Lipinski definition) is 1. The zero-order valence-corrected chi connectivity index (χ0v) is 13.8. The Morgan fingerprint density at radius 1 is 1.09 bits per heavy atom. The van der Waals surface area contributed by atoms with Gasteiger partial charge in [0.15, 0.2) is 6.10 Å². The van der Waals surface area contributed by atoms with Crippen LogP contribution in [0.15, 0.2) is 36.4 Å². The number of hydrogen-bond acceptors (Lipinski definition) is 2. The molecule has 116 valence electrons. The first kappa shape index (κ1) is 16.7. The Morgan fingerprint density at radius 2 is 1.73 bits per heavy atom. The molecule has 2 rings (SSSR count). The maximum absolute atomic E-state index is 11.4. The number of ether oxygens (including phenoxy) is 1. The summed E-state index contributed by atoms with van der Waals surface area (Å²) in [5.41, 5.74) is 2.89. The molecule has 0 radical (unpaired) electrons. The van der Waals surface area contributed by atoms with Crippen LogP contribution in [0.3, 0.4) is 0 Å². The van der Waals surface area contributed by atoms with Crippen LogP contribution in [0, 0.1) is 13.8 Å². The van der Waals surface area contributed by atoms with Crippen molar-refractivity contribution in [2.45, 2.75) is 26.4 Å². The van der Waals surface area contributed by atoms with Gasteiger partial charge in [-0.05, 0) is 60.9 Å². The normalized spacial score (nSPS) is 12.0. The largest absolute Gasteiger partial charge is 0.478 e. The van der Waals surface area contributed by atoms with E-state index in [-0.39, 0.29) is 6.42 Å². The van der Waals surface area contributed by atoms with Crippen LogP contribution in [-0.4, -0.2) is 17.2 Å². The van der Waals surface area contributed by atoms with Crippen molar-refractivity contribution >= 4 is 29.2 Å². The minimum atomic E-state index is -1.03. The first-order chi connectivity index (χ1) is 10.3. The Bertz CT molecular complexity index is 678. The van der Waals surface area contributed by atoms with Crippen molar-refractivity contribution in [1.82, 2.24) is 0 Å². The van der Waals surface area contributed by atoms with E-state index in [1.54, 1.807) is 24.3 Å². The highest BCUT2D eigenvalue weighted by molar-refractivity contribution is 6.34. The molecule has 0 aliphatic heterocycles. The molecule has 5 heteroatoms. The summed E-state index contributed by atoms with van der Waals surface area (Å²) in [6, 6.07) is 10.5. The van der Waals surface area contributed by atoms with Crippen molar-refractivity contribution in [2.75, 3.05) is 0 Å². The van der Waals surface area contributed by atoms with Gasteiger partial charge >= 0.3 is 5.97 Å². The third-order valence-electron chi connectivity index (χ3n) is 3.38. The molecular formula is C17H16Cl2O3. The number of carboxylic acid groups (broad SMARTS) is 1. The summed E-state index contributed by atoms with van der Waals surface area (Å²) < 4.78 is 5.61. The van der Waals surface area contributed by atoms with Crippen LogP contribution in [0.25, 0.3) is 0 Å². The summed E-state index contributed by atoms with van der Waals surface area (Å²) in [7, 11) is 0. The Labute approximate surface area is 139 Å². The first-order valence-electron chi connectivity index (χ1n) is 6.77. The molecule has 1 atom stereocenters. The summed E-state index contributed by atoms with van der Waals surface area (Å²) in [5, 5.41) is 10.3. The number of aliphatic carboxylic acids is 1. The monoisotopic (exact) mass is 338 g/mol. The number of halogens is 2. The van der Waals surface area contributed by atoms with Crippen molar-refractivity contribution in [3.05, 3.63) is 63.1 Å². The van der Waals surface area contributed by atoms with Crippen molar-refractivity contribution in [3.8, 4) is 5.75 Å². The van der Waals surface area contributed by atoms with Gasteiger partial charge in [0.25, 0.3) is 0 Å². The van der Waals surface area contributed by atoms with Crippen LogP contribution in [0.2, 0.25) is 10.0 Å². The van der Waals surface area contributed by atoms with Crippen molar-refractivity contribution in [2.24, 2.45) is 0 Å². The van der Waals surface area contributed by atoms with Gasteiger partial charge in [-0.1, -0.05) is 29.3 Å². The Kier molecular flexibility index (Phi) is 5.33. The Balaban J connectivity index is 2.19. The Morgan fingerprint density at radius 3 is 2.27 bits per heavy atom. The molecule has 2 aromatic carbocycles. The zero-order chi connectivity index (χ0) is 16.3. The number of carbonyl (C=O) groups is 1. The van der Waals surface area contributed by atoms with Gasteiger partial charge in [0.05, 0.1) is 0 Å². The van der Waals surface area contributed by atoms with E-state index in [4.69, 9.17) is 27.9 Å². The number of carboxylic acids is 1. The third kappa shape index (κ3) is 4.39. The number of benzene rings is 2. The van der Waals surface area contributed by atoms with E-state index < -0.39 is 12.1 Å². The SMILES string of the molecule is Cc1ccc(O[C@@H](Cc2cc(Cl)cc(Cl)c2)C(=O)O)cc1C. The lowest BCUT2D eigenvalue weighted by atomic mass is 10.1. The van der Waals surface area contributed by atoms with E-state index in [2.05, 4.69) is 0 Å². The maximum Gasteiger partial charge on any atom is 0.345 e. The smallest absolute Gasteiger partial charge is 0.345 e. The molecule has 0 saturated heterocycles. The molecule has 0 aliphatic carbocycles. The Hall–Kier alpha value is -1.71. The van der Waals surface area contributed by atoms with E-state index in [9.17, 15) is 9.90 Å². The van der Waals surface area contributed by atoms with E-state index in [0.717, 1.165) is 11.1 Å². The molecule has 0 amide bonds. The van der Waals surface area contributed by atoms with Crippen LogP contribution in [0.4, 0.5) is 0 Å². The third-order valence-corrected chi connectivity index (χ3v) is 3.81. The summed E-state index contributed by atoms with van der Waals surface area (Å²) in [6.45, 7) is 3.94. The highest BCUT2D eigenvalue weighted by Gasteiger charge is 2.20. The molecule has 22 heavy (non-hydrogen) atoms. The van der Waals surface area contributed by atoms with Gasteiger partial charge in [0.1, 0.15) is 5.75 Å². The van der Waals surface area contributed by atoms with Gasteiger partial charge in [-0.2, -0.15) is 0 Å². The van der Waals surface area contributed by atoms with Gasteiger partial charge < -0.3 is 9.84 Å². The zero-order valence-electron chi connectivity index (χ0n) is 12.3. The lowest BCUT2D eigenvalue weighted by Crippen LogP contribution is -2.29. The maximum atomic E-state index is 11.4. The number of aryl methyl sites for hydroxylation is 2. The molecule has 0 unspecified atom stereocenters. The van der Waals surface area contributed by atoms with Crippen LogP contribution >= 0.6 is 23.2 Å². The first-order valence-corrected chi connectivity index (χ1v) is 7.52. The average molecular weight is 339 g/mol. The van der Waals surface area contributed by atoms with Crippen LogP contribution in [0.5, 0.6) is 5.75 Å². The lowest BCUT2D eigenvalue weighted by Gasteiger charge is -2.16. The van der Waals surface area contributed by atoms with E-state index >= 15 is 0 Å². The van der Waals surface area contributed by atoms with Gasteiger partial charge in [0.2, 0.25) is 0 Å². The van der Waals surface area contributed by atoms with Gasteiger partial charge in [-0.3, -0.25) is 0 Å². The summed E-state index contributed by atoms with van der Waals surface area (Å²) in [6.07, 6.45) is -0.820. The molecule has 3 nitrogen and oxygen atoms in total. The fourth-order valence-electron chi connectivity index (χ4n) is 2.07.